The summed E-state index contributed by atoms with van der Waals surface area (Å²) in [5.41, 5.74) is 2.94. The number of rotatable bonds is 5. The van der Waals surface area contributed by atoms with Gasteiger partial charge in [0.15, 0.2) is 0 Å². The van der Waals surface area contributed by atoms with Crippen LogP contribution in [0.15, 0.2) is 24.3 Å². The minimum absolute atomic E-state index is 0.668. The van der Waals surface area contributed by atoms with Crippen LogP contribution in [-0.2, 0) is 0 Å². The summed E-state index contributed by atoms with van der Waals surface area (Å²) in [6.07, 6.45) is 2.53. The molecule has 0 amide bonds. The van der Waals surface area contributed by atoms with E-state index >= 15 is 0 Å². The SMILES string of the molecule is CCC(CC)C(CBr)c1ccccc1C. The van der Waals surface area contributed by atoms with Gasteiger partial charge >= 0.3 is 0 Å². The predicted molar refractivity (Wildman–Crippen MR) is 71.8 cm³/mol. The minimum atomic E-state index is 0.668. The van der Waals surface area contributed by atoms with Crippen LogP contribution in [0.25, 0.3) is 0 Å². The maximum Gasteiger partial charge on any atom is 0.0103 e. The smallest absolute Gasteiger partial charge is 0.0103 e. The average Bonchev–Trinajstić information content (AvgIpc) is 2.27. The van der Waals surface area contributed by atoms with Gasteiger partial charge in [0, 0.05) is 5.33 Å². The average molecular weight is 269 g/mol. The molecule has 15 heavy (non-hydrogen) atoms. The van der Waals surface area contributed by atoms with Crippen LogP contribution in [0.3, 0.4) is 0 Å². The Kier molecular flexibility index (Phi) is 5.38. The van der Waals surface area contributed by atoms with Crippen LogP contribution in [0, 0.1) is 12.8 Å². The molecule has 1 aromatic carbocycles. The maximum atomic E-state index is 3.67. The Bertz CT molecular complexity index is 289. The zero-order chi connectivity index (χ0) is 11.3. The van der Waals surface area contributed by atoms with E-state index in [2.05, 4.69) is 61.0 Å². The Morgan fingerprint density at radius 3 is 2.20 bits per heavy atom. The molecule has 1 aromatic rings. The molecule has 1 unspecified atom stereocenters. The summed E-state index contributed by atoms with van der Waals surface area (Å²) < 4.78 is 0. The first-order valence-corrected chi connectivity index (χ1v) is 6.98. The van der Waals surface area contributed by atoms with Crippen molar-refractivity contribution >= 4 is 15.9 Å². The summed E-state index contributed by atoms with van der Waals surface area (Å²) in [7, 11) is 0. The molecule has 0 spiro atoms. The Morgan fingerprint density at radius 1 is 1.13 bits per heavy atom. The van der Waals surface area contributed by atoms with Crippen LogP contribution < -0.4 is 0 Å². The normalized spacial score (nSPS) is 13.1. The third-order valence-corrected chi connectivity index (χ3v) is 4.07. The van der Waals surface area contributed by atoms with Gasteiger partial charge in [0.25, 0.3) is 0 Å². The summed E-state index contributed by atoms with van der Waals surface area (Å²) in [5, 5.41) is 1.07. The second kappa shape index (κ2) is 6.32. The lowest BCUT2D eigenvalue weighted by Gasteiger charge is -2.25. The van der Waals surface area contributed by atoms with Gasteiger partial charge in [-0.1, -0.05) is 66.9 Å². The predicted octanol–water partition coefficient (Wildman–Crippen LogP) is 4.91. The first-order valence-electron chi connectivity index (χ1n) is 5.86. The van der Waals surface area contributed by atoms with Crippen LogP contribution in [0.5, 0.6) is 0 Å². The quantitative estimate of drug-likeness (QED) is 0.666. The number of benzene rings is 1. The minimum Gasteiger partial charge on any atom is -0.0921 e. The van der Waals surface area contributed by atoms with E-state index in [1.54, 1.807) is 0 Å². The topological polar surface area (TPSA) is 0 Å². The van der Waals surface area contributed by atoms with Crippen LogP contribution in [0.2, 0.25) is 0 Å². The van der Waals surface area contributed by atoms with Gasteiger partial charge in [0.1, 0.15) is 0 Å². The van der Waals surface area contributed by atoms with Crippen LogP contribution in [0.4, 0.5) is 0 Å². The number of halogens is 1. The van der Waals surface area contributed by atoms with Crippen molar-refractivity contribution in [3.05, 3.63) is 35.4 Å². The van der Waals surface area contributed by atoms with Gasteiger partial charge in [0.05, 0.1) is 0 Å². The molecule has 0 aliphatic carbocycles. The molecule has 0 saturated carbocycles. The molecule has 1 rings (SSSR count). The molecule has 0 saturated heterocycles. The molecular weight excluding hydrogens is 248 g/mol. The first-order chi connectivity index (χ1) is 7.24. The maximum absolute atomic E-state index is 3.67. The molecular formula is C14H21Br. The second-order valence-corrected chi connectivity index (χ2v) is 4.84. The molecule has 0 heterocycles. The van der Waals surface area contributed by atoms with Crippen molar-refractivity contribution in [1.29, 1.82) is 0 Å². The first kappa shape index (κ1) is 12.8. The second-order valence-electron chi connectivity index (χ2n) is 4.19. The summed E-state index contributed by atoms with van der Waals surface area (Å²) in [4.78, 5) is 0. The third kappa shape index (κ3) is 3.07. The Morgan fingerprint density at radius 2 is 1.73 bits per heavy atom. The summed E-state index contributed by atoms with van der Waals surface area (Å²) in [5.74, 6) is 1.46. The molecule has 0 nitrogen and oxygen atoms in total. The van der Waals surface area contributed by atoms with Crippen molar-refractivity contribution in [2.45, 2.75) is 39.5 Å². The van der Waals surface area contributed by atoms with Crippen molar-refractivity contribution < 1.29 is 0 Å². The summed E-state index contributed by atoms with van der Waals surface area (Å²) >= 11 is 3.67. The number of aryl methyl sites for hydroxylation is 1. The highest BCUT2D eigenvalue weighted by molar-refractivity contribution is 9.09. The monoisotopic (exact) mass is 268 g/mol. The van der Waals surface area contributed by atoms with Gasteiger partial charge in [-0.15, -0.1) is 0 Å². The number of alkyl halides is 1. The van der Waals surface area contributed by atoms with Gasteiger partial charge in [-0.05, 0) is 29.9 Å². The van der Waals surface area contributed by atoms with Gasteiger partial charge in [-0.2, -0.15) is 0 Å². The van der Waals surface area contributed by atoms with Gasteiger partial charge < -0.3 is 0 Å². The summed E-state index contributed by atoms with van der Waals surface area (Å²) in [6, 6.07) is 8.77. The lowest BCUT2D eigenvalue weighted by atomic mass is 9.82. The molecule has 0 N–H and O–H groups in total. The fourth-order valence-corrected chi connectivity index (χ4v) is 3.20. The van der Waals surface area contributed by atoms with Gasteiger partial charge in [-0.25, -0.2) is 0 Å². The summed E-state index contributed by atoms with van der Waals surface area (Å²) in [6.45, 7) is 6.80. The third-order valence-electron chi connectivity index (χ3n) is 3.37. The van der Waals surface area contributed by atoms with E-state index < -0.39 is 0 Å². The highest BCUT2D eigenvalue weighted by atomic mass is 79.9. The molecule has 84 valence electrons. The molecule has 0 fully saturated rings. The Balaban J connectivity index is 2.96. The van der Waals surface area contributed by atoms with Crippen molar-refractivity contribution in [1.82, 2.24) is 0 Å². The zero-order valence-electron chi connectivity index (χ0n) is 9.96. The van der Waals surface area contributed by atoms with E-state index in [1.165, 1.54) is 24.0 Å². The van der Waals surface area contributed by atoms with Crippen molar-refractivity contribution in [3.63, 3.8) is 0 Å². The number of hydrogen-bond donors (Lipinski definition) is 0. The van der Waals surface area contributed by atoms with Crippen LogP contribution >= 0.6 is 15.9 Å². The molecule has 1 heteroatoms. The van der Waals surface area contributed by atoms with Crippen molar-refractivity contribution in [2.24, 2.45) is 5.92 Å². The van der Waals surface area contributed by atoms with E-state index in [1.807, 2.05) is 0 Å². The van der Waals surface area contributed by atoms with Crippen molar-refractivity contribution in [3.8, 4) is 0 Å². The molecule has 0 radical (unpaired) electrons. The van der Waals surface area contributed by atoms with E-state index in [-0.39, 0.29) is 0 Å². The van der Waals surface area contributed by atoms with Gasteiger partial charge in [-0.3, -0.25) is 0 Å². The standard InChI is InChI=1S/C14H21Br/c1-4-12(5-2)14(10-15)13-9-7-6-8-11(13)3/h6-9,12,14H,4-5,10H2,1-3H3. The fourth-order valence-electron chi connectivity index (χ4n) is 2.32. The Hall–Kier alpha value is -0.300. The lowest BCUT2D eigenvalue weighted by Crippen LogP contribution is -2.14. The van der Waals surface area contributed by atoms with E-state index in [4.69, 9.17) is 0 Å². The highest BCUT2D eigenvalue weighted by Gasteiger charge is 2.20. The zero-order valence-corrected chi connectivity index (χ0v) is 11.5. The highest BCUT2D eigenvalue weighted by Crippen LogP contribution is 2.32. The van der Waals surface area contributed by atoms with Crippen molar-refractivity contribution in [2.75, 3.05) is 5.33 Å². The molecule has 0 bridgehead atoms. The number of hydrogen-bond acceptors (Lipinski definition) is 0. The molecule has 0 aromatic heterocycles. The van der Waals surface area contributed by atoms with Gasteiger partial charge in [0.2, 0.25) is 0 Å². The lowest BCUT2D eigenvalue weighted by molar-refractivity contribution is 0.424. The van der Waals surface area contributed by atoms with E-state index in [0.717, 1.165) is 11.2 Å². The van der Waals surface area contributed by atoms with Crippen LogP contribution in [0.1, 0.15) is 43.7 Å². The fraction of sp³-hybridized carbons (Fsp3) is 0.571. The van der Waals surface area contributed by atoms with E-state index in [0.29, 0.717) is 5.92 Å². The largest absolute Gasteiger partial charge is 0.0921 e. The van der Waals surface area contributed by atoms with Crippen LogP contribution in [-0.4, -0.2) is 5.33 Å². The molecule has 0 aliphatic rings. The molecule has 1 atom stereocenters. The Labute approximate surface area is 102 Å². The van der Waals surface area contributed by atoms with E-state index in [9.17, 15) is 0 Å². The molecule has 0 aliphatic heterocycles.